The molecule has 30 heavy (non-hydrogen) atoms. The summed E-state index contributed by atoms with van der Waals surface area (Å²) in [5.41, 5.74) is 4.85. The predicted octanol–water partition coefficient (Wildman–Crippen LogP) is 6.99. The molecule has 0 radical (unpaired) electrons. The highest BCUT2D eigenvalue weighted by molar-refractivity contribution is 5.66. The van der Waals surface area contributed by atoms with Gasteiger partial charge in [-0.25, -0.2) is 0 Å². The minimum atomic E-state index is -0.212. The third-order valence-electron chi connectivity index (χ3n) is 6.79. The Morgan fingerprint density at radius 3 is 2.33 bits per heavy atom. The molecule has 1 saturated heterocycles. The van der Waals surface area contributed by atoms with Crippen LogP contribution in [0.3, 0.4) is 0 Å². The second-order valence-electron chi connectivity index (χ2n) is 9.21. The highest BCUT2D eigenvalue weighted by Crippen LogP contribution is 2.51. The summed E-state index contributed by atoms with van der Waals surface area (Å²) in [5, 5.41) is 0. The first kappa shape index (κ1) is 19.4. The third-order valence-corrected chi connectivity index (χ3v) is 6.79. The Hall–Kier alpha value is -2.58. The molecule has 2 aliphatic rings. The summed E-state index contributed by atoms with van der Waals surface area (Å²) in [4.78, 5) is 0. The summed E-state index contributed by atoms with van der Waals surface area (Å²) in [7, 11) is 0. The van der Waals surface area contributed by atoms with Crippen LogP contribution in [0.5, 0.6) is 5.75 Å². The maximum Gasteiger partial charge on any atom is 0.125 e. The molecule has 0 amide bonds. The molecule has 154 valence electrons. The van der Waals surface area contributed by atoms with Crippen molar-refractivity contribution in [1.82, 2.24) is 0 Å². The molecule has 2 nitrogen and oxygen atoms in total. The fourth-order valence-corrected chi connectivity index (χ4v) is 5.11. The van der Waals surface area contributed by atoms with Crippen molar-refractivity contribution in [3.05, 3.63) is 90.0 Å². The van der Waals surface area contributed by atoms with Gasteiger partial charge in [-0.2, -0.15) is 0 Å². The molecule has 0 unspecified atom stereocenters. The Kier molecular flexibility index (Phi) is 5.12. The van der Waals surface area contributed by atoms with Crippen molar-refractivity contribution in [2.24, 2.45) is 5.92 Å². The largest absolute Gasteiger partial charge is 0.487 e. The van der Waals surface area contributed by atoms with Crippen LogP contribution in [0.25, 0.3) is 11.1 Å². The standard InChI is InChI=1S/C28H30O2/c1-28(2)25-17-16-23(15-13-20-9-5-3-6-10-20)29-27(25)24-19-22(14-18-26(24)30-28)21-11-7-4-8-12-21/h3-12,14,18-19,23,25,27H,13,15-17H2,1-2H3/t23-,25-,27+/m0/s1. The molecule has 2 heterocycles. The zero-order valence-electron chi connectivity index (χ0n) is 17.9. The summed E-state index contributed by atoms with van der Waals surface area (Å²) < 4.78 is 13.2. The van der Waals surface area contributed by atoms with E-state index in [1.54, 1.807) is 0 Å². The Bertz CT molecular complexity index is 994. The van der Waals surface area contributed by atoms with Crippen LogP contribution in [0, 0.1) is 5.92 Å². The van der Waals surface area contributed by atoms with Crippen molar-refractivity contribution >= 4 is 0 Å². The summed E-state index contributed by atoms with van der Waals surface area (Å²) in [5.74, 6) is 1.36. The first-order valence-corrected chi connectivity index (χ1v) is 11.2. The molecule has 0 aromatic heterocycles. The summed E-state index contributed by atoms with van der Waals surface area (Å²) >= 11 is 0. The number of ether oxygens (including phenoxy) is 2. The van der Waals surface area contributed by atoms with Crippen LogP contribution < -0.4 is 4.74 Å². The Labute approximate surface area is 179 Å². The normalized spacial score (nSPS) is 24.4. The van der Waals surface area contributed by atoms with Crippen LogP contribution in [0.2, 0.25) is 0 Å². The van der Waals surface area contributed by atoms with Gasteiger partial charge in [0, 0.05) is 11.5 Å². The van der Waals surface area contributed by atoms with Crippen LogP contribution in [0.15, 0.2) is 78.9 Å². The van der Waals surface area contributed by atoms with Gasteiger partial charge in [0.15, 0.2) is 0 Å². The van der Waals surface area contributed by atoms with E-state index in [0.717, 1.165) is 31.4 Å². The van der Waals surface area contributed by atoms with Crippen molar-refractivity contribution in [2.75, 3.05) is 0 Å². The minimum Gasteiger partial charge on any atom is -0.487 e. The SMILES string of the molecule is CC1(C)Oc2ccc(-c3ccccc3)cc2[C@H]2O[C@@H](CCc3ccccc3)CC[C@@H]21. The topological polar surface area (TPSA) is 18.5 Å². The molecule has 1 fully saturated rings. The molecule has 0 aliphatic carbocycles. The first-order valence-electron chi connectivity index (χ1n) is 11.2. The molecule has 3 aromatic rings. The zero-order valence-corrected chi connectivity index (χ0v) is 17.9. The molecule has 5 rings (SSSR count). The van der Waals surface area contributed by atoms with Gasteiger partial charge in [-0.15, -0.1) is 0 Å². The number of rotatable bonds is 4. The van der Waals surface area contributed by atoms with E-state index in [9.17, 15) is 0 Å². The molecular weight excluding hydrogens is 368 g/mol. The van der Waals surface area contributed by atoms with Gasteiger partial charge in [-0.3, -0.25) is 0 Å². The van der Waals surface area contributed by atoms with Gasteiger partial charge in [-0.1, -0.05) is 66.7 Å². The van der Waals surface area contributed by atoms with Gasteiger partial charge in [0.2, 0.25) is 0 Å². The predicted molar refractivity (Wildman–Crippen MR) is 122 cm³/mol. The molecule has 0 N–H and O–H groups in total. The van der Waals surface area contributed by atoms with E-state index in [4.69, 9.17) is 9.47 Å². The van der Waals surface area contributed by atoms with Gasteiger partial charge >= 0.3 is 0 Å². The van der Waals surface area contributed by atoms with Crippen molar-refractivity contribution < 1.29 is 9.47 Å². The quantitative estimate of drug-likeness (QED) is 0.471. The molecule has 3 atom stereocenters. The molecule has 3 aromatic carbocycles. The lowest BCUT2D eigenvalue weighted by atomic mass is 9.74. The number of hydrogen-bond donors (Lipinski definition) is 0. The van der Waals surface area contributed by atoms with E-state index in [-0.39, 0.29) is 11.7 Å². The van der Waals surface area contributed by atoms with E-state index in [1.165, 1.54) is 22.3 Å². The number of hydrogen-bond acceptors (Lipinski definition) is 2. The summed E-state index contributed by atoms with van der Waals surface area (Å²) in [6.45, 7) is 4.43. The van der Waals surface area contributed by atoms with E-state index in [1.807, 2.05) is 0 Å². The number of aryl methyl sites for hydroxylation is 1. The maximum atomic E-state index is 6.79. The van der Waals surface area contributed by atoms with Gasteiger partial charge < -0.3 is 9.47 Å². The van der Waals surface area contributed by atoms with Gasteiger partial charge in [-0.05, 0) is 68.4 Å². The highest BCUT2D eigenvalue weighted by atomic mass is 16.5. The third kappa shape index (κ3) is 3.77. The zero-order chi connectivity index (χ0) is 20.6. The lowest BCUT2D eigenvalue weighted by Crippen LogP contribution is -2.48. The van der Waals surface area contributed by atoms with Crippen molar-refractivity contribution in [2.45, 2.75) is 57.3 Å². The Morgan fingerprint density at radius 2 is 1.57 bits per heavy atom. The fraction of sp³-hybridized carbons (Fsp3) is 0.357. The van der Waals surface area contributed by atoms with Crippen LogP contribution >= 0.6 is 0 Å². The van der Waals surface area contributed by atoms with Gasteiger partial charge in [0.05, 0.1) is 12.2 Å². The Balaban J connectivity index is 1.41. The Morgan fingerprint density at radius 1 is 0.833 bits per heavy atom. The maximum absolute atomic E-state index is 6.79. The molecular formula is C28H30O2. The highest BCUT2D eigenvalue weighted by Gasteiger charge is 2.47. The molecule has 2 aliphatic heterocycles. The monoisotopic (exact) mass is 398 g/mol. The number of benzene rings is 3. The van der Waals surface area contributed by atoms with Gasteiger partial charge in [0.1, 0.15) is 11.4 Å². The van der Waals surface area contributed by atoms with E-state index in [2.05, 4.69) is 92.7 Å². The lowest BCUT2D eigenvalue weighted by Gasteiger charge is -2.49. The summed E-state index contributed by atoms with van der Waals surface area (Å²) in [6, 6.07) is 27.9. The van der Waals surface area contributed by atoms with Crippen LogP contribution in [-0.2, 0) is 11.2 Å². The molecule has 2 heteroatoms. The van der Waals surface area contributed by atoms with Crippen molar-refractivity contribution in [3.8, 4) is 16.9 Å². The minimum absolute atomic E-state index is 0.0990. The van der Waals surface area contributed by atoms with Gasteiger partial charge in [0.25, 0.3) is 0 Å². The lowest BCUT2D eigenvalue weighted by molar-refractivity contribution is -0.150. The smallest absolute Gasteiger partial charge is 0.125 e. The molecule has 0 bridgehead atoms. The average Bonchev–Trinajstić information content (AvgIpc) is 2.78. The van der Waals surface area contributed by atoms with Crippen LogP contribution in [-0.4, -0.2) is 11.7 Å². The van der Waals surface area contributed by atoms with Crippen molar-refractivity contribution in [3.63, 3.8) is 0 Å². The van der Waals surface area contributed by atoms with E-state index < -0.39 is 0 Å². The molecule has 0 saturated carbocycles. The van der Waals surface area contributed by atoms with E-state index >= 15 is 0 Å². The second-order valence-corrected chi connectivity index (χ2v) is 9.21. The van der Waals surface area contributed by atoms with E-state index in [0.29, 0.717) is 12.0 Å². The van der Waals surface area contributed by atoms with Crippen molar-refractivity contribution in [1.29, 1.82) is 0 Å². The fourth-order valence-electron chi connectivity index (χ4n) is 5.11. The number of fused-ring (bicyclic) bond motifs is 3. The molecule has 0 spiro atoms. The van der Waals surface area contributed by atoms with Crippen LogP contribution in [0.4, 0.5) is 0 Å². The average molecular weight is 399 g/mol. The van der Waals surface area contributed by atoms with Crippen LogP contribution in [0.1, 0.15) is 50.3 Å². The first-order chi connectivity index (χ1) is 14.6. The summed E-state index contributed by atoms with van der Waals surface area (Å²) in [6.07, 6.45) is 4.79. The second kappa shape index (κ2) is 7.92.